The van der Waals surface area contributed by atoms with E-state index in [0.29, 0.717) is 29.9 Å². The van der Waals surface area contributed by atoms with Crippen molar-refractivity contribution in [2.24, 2.45) is 11.7 Å². The second kappa shape index (κ2) is 7.88. The number of benzene rings is 1. The van der Waals surface area contributed by atoms with Crippen LogP contribution in [0.1, 0.15) is 42.6 Å². The van der Waals surface area contributed by atoms with E-state index in [1.165, 1.54) is 4.90 Å². The van der Waals surface area contributed by atoms with Crippen LogP contribution in [0.3, 0.4) is 0 Å². The fourth-order valence-electron chi connectivity index (χ4n) is 4.24. The Hall–Kier alpha value is -2.08. The molecule has 1 aromatic carbocycles. The van der Waals surface area contributed by atoms with E-state index in [9.17, 15) is 4.79 Å². The number of nitrogens with one attached hydrogen (secondary N) is 2. The van der Waals surface area contributed by atoms with Crippen molar-refractivity contribution in [3.63, 3.8) is 0 Å². The highest BCUT2D eigenvalue weighted by molar-refractivity contribution is 6.30. The summed E-state index contributed by atoms with van der Waals surface area (Å²) in [6, 6.07) is 7.34. The third-order valence-electron chi connectivity index (χ3n) is 5.94. The summed E-state index contributed by atoms with van der Waals surface area (Å²) in [6.07, 6.45) is 0.0497. The van der Waals surface area contributed by atoms with Gasteiger partial charge < -0.3 is 14.2 Å². The van der Waals surface area contributed by atoms with Crippen LogP contribution >= 0.6 is 11.6 Å². The fraction of sp³-hybridized carbons (Fsp3) is 0.526. The van der Waals surface area contributed by atoms with Crippen LogP contribution in [0.4, 0.5) is 0 Å². The summed E-state index contributed by atoms with van der Waals surface area (Å²) in [7, 11) is 0. The van der Waals surface area contributed by atoms with Crippen molar-refractivity contribution in [1.29, 1.82) is 0 Å². The number of nitrogens with zero attached hydrogens (tertiary/aromatic N) is 4. The van der Waals surface area contributed by atoms with E-state index in [0.717, 1.165) is 12.0 Å². The molecule has 0 radical (unpaired) electrons. The second-order valence-electron chi connectivity index (χ2n) is 8.05. The summed E-state index contributed by atoms with van der Waals surface area (Å²) in [6.45, 7) is 3.40. The van der Waals surface area contributed by atoms with Crippen molar-refractivity contribution in [2.45, 2.75) is 44.2 Å². The predicted octanol–water partition coefficient (Wildman–Crippen LogP) is 0.882. The highest BCUT2D eigenvalue weighted by Gasteiger charge is 2.46. The van der Waals surface area contributed by atoms with Gasteiger partial charge in [-0.1, -0.05) is 35.8 Å². The maximum Gasteiger partial charge on any atom is 0.246 e. The monoisotopic (exact) mass is 433 g/mol. The molecule has 30 heavy (non-hydrogen) atoms. The molecule has 5 rings (SSSR count). The van der Waals surface area contributed by atoms with Crippen molar-refractivity contribution in [3.8, 4) is 0 Å². The Morgan fingerprint density at radius 3 is 2.93 bits per heavy atom. The summed E-state index contributed by atoms with van der Waals surface area (Å²) in [4.78, 5) is 19.0. The van der Waals surface area contributed by atoms with E-state index in [2.05, 4.69) is 21.0 Å². The van der Waals surface area contributed by atoms with Crippen LogP contribution in [0, 0.1) is 5.92 Å². The van der Waals surface area contributed by atoms with Gasteiger partial charge in [-0.05, 0) is 30.0 Å². The van der Waals surface area contributed by atoms with E-state index < -0.39 is 6.29 Å². The van der Waals surface area contributed by atoms with Crippen LogP contribution < -0.4 is 16.6 Å². The molecule has 1 amide bonds. The molecular formula is C19H24ClN7O3. The van der Waals surface area contributed by atoms with Gasteiger partial charge in [0.05, 0.1) is 12.7 Å². The molecule has 4 N–H and O–H groups in total. The average Bonchev–Trinajstić information content (AvgIpc) is 3.46. The smallest absolute Gasteiger partial charge is 0.246 e. The summed E-state index contributed by atoms with van der Waals surface area (Å²) in [5.41, 5.74) is 13.4. The first-order chi connectivity index (χ1) is 14.5. The molecule has 5 atom stereocenters. The van der Waals surface area contributed by atoms with E-state index in [1.54, 1.807) is 5.12 Å². The molecular weight excluding hydrogens is 410 g/mol. The normalized spacial score (nSPS) is 32.0. The van der Waals surface area contributed by atoms with Crippen LogP contribution in [0.2, 0.25) is 5.02 Å². The number of hydrogen-bond acceptors (Lipinski definition) is 9. The van der Waals surface area contributed by atoms with Gasteiger partial charge in [0.2, 0.25) is 11.8 Å². The number of ether oxygens (including phenoxy) is 1. The van der Waals surface area contributed by atoms with Gasteiger partial charge in [-0.25, -0.2) is 10.9 Å². The van der Waals surface area contributed by atoms with E-state index in [4.69, 9.17) is 26.6 Å². The first-order valence-corrected chi connectivity index (χ1v) is 10.4. The zero-order valence-corrected chi connectivity index (χ0v) is 17.2. The van der Waals surface area contributed by atoms with Gasteiger partial charge in [0.25, 0.3) is 0 Å². The van der Waals surface area contributed by atoms with E-state index >= 15 is 0 Å². The lowest BCUT2D eigenvalue weighted by Crippen LogP contribution is -2.71. The van der Waals surface area contributed by atoms with Crippen molar-refractivity contribution in [1.82, 2.24) is 31.0 Å². The number of carbonyl (C=O) groups is 1. The van der Waals surface area contributed by atoms with Crippen LogP contribution in [0.5, 0.6) is 0 Å². The van der Waals surface area contributed by atoms with Crippen LogP contribution in [0.15, 0.2) is 28.8 Å². The van der Waals surface area contributed by atoms with Crippen LogP contribution in [-0.4, -0.2) is 51.5 Å². The minimum Gasteiger partial charge on any atom is -0.373 e. The molecule has 10 nitrogen and oxygen atoms in total. The van der Waals surface area contributed by atoms with Gasteiger partial charge in [0.15, 0.2) is 5.82 Å². The van der Waals surface area contributed by atoms with Gasteiger partial charge in [-0.2, -0.15) is 10.1 Å². The number of amides is 1. The van der Waals surface area contributed by atoms with Crippen molar-refractivity contribution in [2.75, 3.05) is 13.2 Å². The molecule has 3 aliphatic rings. The molecule has 2 aromatic rings. The number of halogens is 1. The van der Waals surface area contributed by atoms with Gasteiger partial charge in [0.1, 0.15) is 18.9 Å². The molecule has 3 unspecified atom stereocenters. The number of rotatable bonds is 4. The zero-order chi connectivity index (χ0) is 20.8. The van der Waals surface area contributed by atoms with Crippen LogP contribution in [-0.2, 0) is 16.1 Å². The quantitative estimate of drug-likeness (QED) is 0.644. The lowest BCUT2D eigenvalue weighted by Gasteiger charge is -2.41. The number of hydrazine groups is 2. The first-order valence-electron chi connectivity index (χ1n) is 10.0. The molecule has 0 bridgehead atoms. The maximum absolute atomic E-state index is 12.9. The minimum absolute atomic E-state index is 0.0292. The number of carbonyl (C=O) groups excluding carboxylic acids is 1. The molecule has 0 spiro atoms. The van der Waals surface area contributed by atoms with Crippen LogP contribution in [0.25, 0.3) is 0 Å². The highest BCUT2D eigenvalue weighted by atomic mass is 35.5. The van der Waals surface area contributed by atoms with Gasteiger partial charge in [0, 0.05) is 17.5 Å². The summed E-state index contributed by atoms with van der Waals surface area (Å²) >= 11 is 5.96. The molecule has 160 valence electrons. The number of aromatic nitrogens is 2. The molecule has 3 aliphatic heterocycles. The van der Waals surface area contributed by atoms with Gasteiger partial charge in [-0.3, -0.25) is 10.5 Å². The van der Waals surface area contributed by atoms with E-state index in [1.807, 2.05) is 31.2 Å². The highest BCUT2D eigenvalue weighted by Crippen LogP contribution is 2.37. The summed E-state index contributed by atoms with van der Waals surface area (Å²) < 4.78 is 11.4. The second-order valence-corrected chi connectivity index (χ2v) is 8.48. The lowest BCUT2D eigenvalue weighted by atomic mass is 10.0. The number of nitrogens with two attached hydrogens (primary N) is 1. The topological polar surface area (TPSA) is 122 Å². The molecule has 1 aromatic heterocycles. The van der Waals surface area contributed by atoms with Gasteiger partial charge >= 0.3 is 0 Å². The fourth-order valence-corrected chi connectivity index (χ4v) is 4.37. The molecule has 3 saturated heterocycles. The summed E-state index contributed by atoms with van der Waals surface area (Å²) in [5, 5.41) is 6.52. The minimum atomic E-state index is -0.675. The van der Waals surface area contributed by atoms with E-state index in [-0.39, 0.29) is 36.4 Å². The molecule has 3 fully saturated rings. The Balaban J connectivity index is 1.25. The Kier molecular flexibility index (Phi) is 5.21. The Morgan fingerprint density at radius 2 is 2.13 bits per heavy atom. The largest absolute Gasteiger partial charge is 0.373 e. The third kappa shape index (κ3) is 3.59. The maximum atomic E-state index is 12.9. The number of fused-ring (bicyclic) bond motifs is 1. The lowest BCUT2D eigenvalue weighted by molar-refractivity contribution is -0.156. The average molecular weight is 434 g/mol. The number of hydrogen-bond donors (Lipinski definition) is 3. The third-order valence-corrected chi connectivity index (χ3v) is 6.19. The Bertz CT molecular complexity index is 923. The van der Waals surface area contributed by atoms with Gasteiger partial charge in [-0.15, -0.1) is 0 Å². The molecule has 4 heterocycles. The Labute approximate surface area is 178 Å². The standard InChI is InChI=1S/C19H24ClN7O3/c1-10-7-22-27-16(10)18(28)26(19(21)24-27)8-15-23-17(25-30-15)12-6-14(29-9-12)11-2-4-13(20)5-3-11/h2-5,10,12,14,16,19,22,24H,6-9,21H2,1H3/t10?,12-,14+,16?,19?/m0/s1. The van der Waals surface area contributed by atoms with Crippen molar-refractivity contribution >= 4 is 17.5 Å². The summed E-state index contributed by atoms with van der Waals surface area (Å²) in [5.74, 6) is 1.08. The first kappa shape index (κ1) is 19.9. The van der Waals surface area contributed by atoms with Crippen molar-refractivity contribution in [3.05, 3.63) is 46.6 Å². The van der Waals surface area contributed by atoms with Crippen molar-refractivity contribution < 1.29 is 14.1 Å². The molecule has 0 aliphatic carbocycles. The zero-order valence-electron chi connectivity index (χ0n) is 16.5. The molecule has 11 heteroatoms. The molecule has 0 saturated carbocycles. The SMILES string of the molecule is CC1CNN2NC(N)N(Cc3nc([C@@H]4CO[C@@H](c5ccc(Cl)cc5)C4)no3)C(=O)C12. The Morgan fingerprint density at radius 1 is 1.33 bits per heavy atom. The predicted molar refractivity (Wildman–Crippen MR) is 106 cm³/mol.